The zero-order chi connectivity index (χ0) is 16.4. The molecule has 1 fully saturated rings. The summed E-state index contributed by atoms with van der Waals surface area (Å²) < 4.78 is 0. The first-order valence-electron chi connectivity index (χ1n) is 8.66. The lowest BCUT2D eigenvalue weighted by Crippen LogP contribution is -2.44. The van der Waals surface area contributed by atoms with Crippen LogP contribution in [-0.4, -0.2) is 22.2 Å². The van der Waals surface area contributed by atoms with Gasteiger partial charge in [0.1, 0.15) is 0 Å². The van der Waals surface area contributed by atoms with Gasteiger partial charge in [0.15, 0.2) is 0 Å². The Bertz CT molecular complexity index is 389. The molecule has 1 rings (SSSR count). The minimum absolute atomic E-state index is 0.342. The van der Waals surface area contributed by atoms with Gasteiger partial charge >= 0.3 is 11.9 Å². The van der Waals surface area contributed by atoms with Crippen LogP contribution in [0.5, 0.6) is 0 Å². The summed E-state index contributed by atoms with van der Waals surface area (Å²) in [6, 6.07) is 0. The van der Waals surface area contributed by atoms with Crippen LogP contribution in [0, 0.1) is 11.3 Å². The van der Waals surface area contributed by atoms with Crippen LogP contribution < -0.4 is 0 Å². The Labute approximate surface area is 133 Å². The molecule has 2 unspecified atom stereocenters. The van der Waals surface area contributed by atoms with Gasteiger partial charge in [-0.1, -0.05) is 57.6 Å². The van der Waals surface area contributed by atoms with E-state index < -0.39 is 23.3 Å². The van der Waals surface area contributed by atoms with Crippen LogP contribution in [0.2, 0.25) is 0 Å². The van der Waals surface area contributed by atoms with Gasteiger partial charge in [-0.2, -0.15) is 0 Å². The van der Waals surface area contributed by atoms with Crippen LogP contribution in [0.3, 0.4) is 0 Å². The Kier molecular flexibility index (Phi) is 8.21. The van der Waals surface area contributed by atoms with Crippen LogP contribution >= 0.6 is 0 Å². The van der Waals surface area contributed by atoms with Crippen molar-refractivity contribution in [2.24, 2.45) is 11.3 Å². The summed E-state index contributed by atoms with van der Waals surface area (Å²) in [6.07, 6.45) is 13.9. The van der Waals surface area contributed by atoms with E-state index in [2.05, 4.69) is 6.92 Å². The molecular weight excluding hydrogens is 280 g/mol. The summed E-state index contributed by atoms with van der Waals surface area (Å²) in [5.74, 6) is -2.67. The molecule has 0 aromatic heterocycles. The van der Waals surface area contributed by atoms with E-state index in [1.165, 1.54) is 25.7 Å². The van der Waals surface area contributed by atoms with E-state index in [0.29, 0.717) is 19.3 Å². The first-order chi connectivity index (χ1) is 10.5. The fourth-order valence-corrected chi connectivity index (χ4v) is 3.46. The van der Waals surface area contributed by atoms with Gasteiger partial charge in [-0.25, -0.2) is 0 Å². The molecule has 0 amide bonds. The molecule has 2 N–H and O–H groups in total. The Morgan fingerprint density at radius 1 is 1.09 bits per heavy atom. The molecule has 0 heterocycles. The Hall–Kier alpha value is -1.32. The largest absolute Gasteiger partial charge is 0.481 e. The van der Waals surface area contributed by atoms with Gasteiger partial charge in [-0.3, -0.25) is 9.59 Å². The molecule has 22 heavy (non-hydrogen) atoms. The topological polar surface area (TPSA) is 74.6 Å². The van der Waals surface area contributed by atoms with Crippen LogP contribution in [0.25, 0.3) is 0 Å². The van der Waals surface area contributed by atoms with Crippen molar-refractivity contribution in [2.45, 2.75) is 77.6 Å². The monoisotopic (exact) mass is 310 g/mol. The van der Waals surface area contributed by atoms with E-state index in [1.54, 1.807) is 0 Å². The van der Waals surface area contributed by atoms with Gasteiger partial charge < -0.3 is 10.2 Å². The summed E-state index contributed by atoms with van der Waals surface area (Å²) in [5, 5.41) is 19.0. The number of hydrogen-bond donors (Lipinski definition) is 2. The second kappa shape index (κ2) is 9.65. The van der Waals surface area contributed by atoms with Crippen LogP contribution in [0.15, 0.2) is 12.2 Å². The van der Waals surface area contributed by atoms with Crippen molar-refractivity contribution < 1.29 is 19.8 Å². The second-order valence-corrected chi connectivity index (χ2v) is 6.48. The highest BCUT2D eigenvalue weighted by Crippen LogP contribution is 2.45. The molecule has 2 atom stereocenters. The molecule has 4 nitrogen and oxygen atoms in total. The average molecular weight is 310 g/mol. The zero-order valence-electron chi connectivity index (χ0n) is 13.7. The molecule has 0 spiro atoms. The smallest absolute Gasteiger partial charge is 0.310 e. The van der Waals surface area contributed by atoms with Crippen molar-refractivity contribution in [3.63, 3.8) is 0 Å². The quantitative estimate of drug-likeness (QED) is 0.455. The fraction of sp³-hybridized carbons (Fsp3) is 0.778. The summed E-state index contributed by atoms with van der Waals surface area (Å²) in [4.78, 5) is 23.2. The predicted octanol–water partition coefficient (Wildman–Crippen LogP) is 4.64. The van der Waals surface area contributed by atoms with Crippen LogP contribution in [-0.2, 0) is 9.59 Å². The van der Waals surface area contributed by atoms with Gasteiger partial charge in [0.25, 0.3) is 0 Å². The molecular formula is C18H30O4. The van der Waals surface area contributed by atoms with Crippen molar-refractivity contribution >= 4 is 11.9 Å². The maximum atomic E-state index is 11.7. The Morgan fingerprint density at radius 3 is 2.45 bits per heavy atom. The molecule has 1 saturated carbocycles. The number of carboxylic acids is 2. The first-order valence-corrected chi connectivity index (χ1v) is 8.66. The molecule has 126 valence electrons. The van der Waals surface area contributed by atoms with Gasteiger partial charge in [0, 0.05) is 0 Å². The third-order valence-electron chi connectivity index (χ3n) is 4.88. The molecule has 0 aromatic rings. The maximum Gasteiger partial charge on any atom is 0.310 e. The van der Waals surface area contributed by atoms with Crippen molar-refractivity contribution in [3.8, 4) is 0 Å². The van der Waals surface area contributed by atoms with Crippen LogP contribution in [0.4, 0.5) is 0 Å². The first kappa shape index (κ1) is 18.7. The molecule has 1 aliphatic rings. The normalized spacial score (nSPS) is 25.4. The van der Waals surface area contributed by atoms with Gasteiger partial charge in [-0.05, 0) is 32.1 Å². The lowest BCUT2D eigenvalue weighted by molar-refractivity contribution is -0.165. The number of rotatable bonds is 10. The Morgan fingerprint density at radius 2 is 1.82 bits per heavy atom. The lowest BCUT2D eigenvalue weighted by atomic mass is 9.64. The molecule has 1 aliphatic carbocycles. The summed E-state index contributed by atoms with van der Waals surface area (Å²) in [7, 11) is 0. The van der Waals surface area contributed by atoms with E-state index in [4.69, 9.17) is 0 Å². The van der Waals surface area contributed by atoms with Crippen molar-refractivity contribution in [3.05, 3.63) is 12.2 Å². The van der Waals surface area contributed by atoms with Crippen molar-refractivity contribution in [1.82, 2.24) is 0 Å². The van der Waals surface area contributed by atoms with E-state index in [9.17, 15) is 19.8 Å². The highest BCUT2D eigenvalue weighted by Gasteiger charge is 2.49. The number of unbranched alkanes of at least 4 members (excludes halogenated alkanes) is 5. The van der Waals surface area contributed by atoms with Crippen molar-refractivity contribution in [1.29, 1.82) is 0 Å². The molecule has 0 bridgehead atoms. The maximum absolute atomic E-state index is 11.7. The number of allylic oxidation sites excluding steroid dienone is 2. The SMILES string of the molecule is CCCCCCCC=CCC1(C(=O)O)CCCCC1C(=O)O. The average Bonchev–Trinajstić information content (AvgIpc) is 2.50. The number of carbonyl (C=O) groups is 2. The van der Waals surface area contributed by atoms with E-state index in [1.807, 2.05) is 12.2 Å². The third kappa shape index (κ3) is 5.15. The minimum atomic E-state index is -1.11. The van der Waals surface area contributed by atoms with Gasteiger partial charge in [0.05, 0.1) is 11.3 Å². The summed E-state index contributed by atoms with van der Waals surface area (Å²) in [5.41, 5.74) is -1.11. The van der Waals surface area contributed by atoms with Crippen LogP contribution in [0.1, 0.15) is 77.6 Å². The molecule has 0 aromatic carbocycles. The highest BCUT2D eigenvalue weighted by atomic mass is 16.4. The lowest BCUT2D eigenvalue weighted by Gasteiger charge is -2.37. The molecule has 4 heteroatoms. The highest BCUT2D eigenvalue weighted by molar-refractivity contribution is 5.83. The third-order valence-corrected chi connectivity index (χ3v) is 4.88. The van der Waals surface area contributed by atoms with E-state index in [-0.39, 0.29) is 0 Å². The van der Waals surface area contributed by atoms with Gasteiger partial charge in [-0.15, -0.1) is 0 Å². The molecule has 0 radical (unpaired) electrons. The molecule has 0 saturated heterocycles. The zero-order valence-corrected chi connectivity index (χ0v) is 13.7. The second-order valence-electron chi connectivity index (χ2n) is 6.48. The minimum Gasteiger partial charge on any atom is -0.481 e. The van der Waals surface area contributed by atoms with E-state index in [0.717, 1.165) is 25.7 Å². The molecule has 0 aliphatic heterocycles. The number of aliphatic carboxylic acids is 2. The van der Waals surface area contributed by atoms with E-state index >= 15 is 0 Å². The van der Waals surface area contributed by atoms with Gasteiger partial charge in [0.2, 0.25) is 0 Å². The Balaban J connectivity index is 2.53. The summed E-state index contributed by atoms with van der Waals surface area (Å²) in [6.45, 7) is 2.19. The number of hydrogen-bond acceptors (Lipinski definition) is 2. The fourth-order valence-electron chi connectivity index (χ4n) is 3.46. The summed E-state index contributed by atoms with van der Waals surface area (Å²) >= 11 is 0. The number of carboxylic acid groups (broad SMARTS) is 2. The van der Waals surface area contributed by atoms with Crippen molar-refractivity contribution in [2.75, 3.05) is 0 Å². The standard InChI is InChI=1S/C18H30O4/c1-2-3-4-5-6-7-8-10-13-18(17(21)22)14-11-9-12-15(18)16(19)20/h8,10,15H,2-7,9,11-14H2,1H3,(H,19,20)(H,21,22). The predicted molar refractivity (Wildman–Crippen MR) is 86.8 cm³/mol.